The number of H-pyrrole nitrogens is 2. The molecule has 0 aliphatic rings. The summed E-state index contributed by atoms with van der Waals surface area (Å²) in [4.78, 5) is 6.12. The van der Waals surface area contributed by atoms with Crippen LogP contribution in [0.25, 0.3) is 21.8 Å². The van der Waals surface area contributed by atoms with Gasteiger partial charge in [-0.25, -0.2) is 0 Å². The fraction of sp³-hybridized carbons (Fsp3) is 0. The van der Waals surface area contributed by atoms with Gasteiger partial charge in [-0.05, 0) is 41.1 Å². The summed E-state index contributed by atoms with van der Waals surface area (Å²) in [5.74, 6) is 0.301. The van der Waals surface area contributed by atoms with E-state index in [9.17, 15) is 0 Å². The summed E-state index contributed by atoms with van der Waals surface area (Å²) < 4.78 is 0. The van der Waals surface area contributed by atoms with Gasteiger partial charge in [0, 0.05) is 29.5 Å². The van der Waals surface area contributed by atoms with Crippen molar-refractivity contribution in [3.05, 3.63) is 67.0 Å². The molecule has 94 valence electrons. The van der Waals surface area contributed by atoms with Gasteiger partial charge in [0.15, 0.2) is 0 Å². The van der Waals surface area contributed by atoms with E-state index in [0.29, 0.717) is 5.75 Å². The molecule has 0 saturated heterocycles. The van der Waals surface area contributed by atoms with Gasteiger partial charge in [0.1, 0.15) is 5.75 Å². The minimum absolute atomic E-state index is 0.301. The predicted molar refractivity (Wildman–Crippen MR) is 78.3 cm³/mol. The van der Waals surface area contributed by atoms with Gasteiger partial charge in [-0.3, -0.25) is 0 Å². The molecule has 3 N–H and O–H groups in total. The van der Waals surface area contributed by atoms with E-state index < -0.39 is 0 Å². The van der Waals surface area contributed by atoms with E-state index in [0.717, 1.165) is 10.9 Å². The summed E-state index contributed by atoms with van der Waals surface area (Å²) in [5.41, 5.74) is 2.18. The molecular formula is C16H14N2O. The first-order valence-electron chi connectivity index (χ1n) is 6.11. The molecule has 0 aliphatic carbocycles. The van der Waals surface area contributed by atoms with Crippen molar-refractivity contribution in [3.8, 4) is 5.75 Å². The summed E-state index contributed by atoms with van der Waals surface area (Å²) in [6.45, 7) is 0. The first-order chi connectivity index (χ1) is 9.33. The average molecular weight is 250 g/mol. The number of benzene rings is 2. The summed E-state index contributed by atoms with van der Waals surface area (Å²) in [6, 6.07) is 17.5. The van der Waals surface area contributed by atoms with Crippen LogP contribution >= 0.6 is 0 Å². The first-order valence-corrected chi connectivity index (χ1v) is 6.11. The molecular weight excluding hydrogens is 236 g/mol. The fourth-order valence-corrected chi connectivity index (χ4v) is 2.03. The van der Waals surface area contributed by atoms with E-state index in [4.69, 9.17) is 5.11 Å². The van der Waals surface area contributed by atoms with E-state index in [1.807, 2.05) is 36.7 Å². The maximum Gasteiger partial charge on any atom is 0.117 e. The number of aromatic hydroxyl groups is 1. The molecule has 2 aromatic heterocycles. The Morgan fingerprint density at radius 2 is 1.37 bits per heavy atom. The number of fused-ring (bicyclic) bond motifs is 2. The van der Waals surface area contributed by atoms with Gasteiger partial charge in [-0.15, -0.1) is 0 Å². The van der Waals surface area contributed by atoms with Crippen LogP contribution in [0.1, 0.15) is 0 Å². The summed E-state index contributed by atoms with van der Waals surface area (Å²) in [6.07, 6.45) is 3.80. The lowest BCUT2D eigenvalue weighted by molar-refractivity contribution is 0.476. The zero-order valence-electron chi connectivity index (χ0n) is 10.3. The van der Waals surface area contributed by atoms with E-state index in [-0.39, 0.29) is 0 Å². The lowest BCUT2D eigenvalue weighted by atomic mass is 10.2. The zero-order chi connectivity index (χ0) is 13.1. The monoisotopic (exact) mass is 250 g/mol. The molecule has 4 aromatic rings. The molecule has 2 heterocycles. The second-order valence-electron chi connectivity index (χ2n) is 4.31. The van der Waals surface area contributed by atoms with Crippen molar-refractivity contribution in [2.24, 2.45) is 0 Å². The van der Waals surface area contributed by atoms with E-state index in [1.54, 1.807) is 12.1 Å². The Kier molecular flexibility index (Phi) is 2.94. The Morgan fingerprint density at radius 3 is 2.16 bits per heavy atom. The lowest BCUT2D eigenvalue weighted by Crippen LogP contribution is -1.65. The molecule has 0 fully saturated rings. The summed E-state index contributed by atoms with van der Waals surface area (Å²) in [7, 11) is 0. The van der Waals surface area contributed by atoms with Crippen molar-refractivity contribution in [1.82, 2.24) is 9.97 Å². The van der Waals surface area contributed by atoms with Crippen LogP contribution < -0.4 is 0 Å². The normalized spacial score (nSPS) is 10.3. The van der Waals surface area contributed by atoms with Crippen molar-refractivity contribution in [1.29, 1.82) is 0 Å². The number of aromatic amines is 2. The van der Waals surface area contributed by atoms with Crippen molar-refractivity contribution in [2.75, 3.05) is 0 Å². The molecule has 0 radical (unpaired) electrons. The number of hydrogen-bond donors (Lipinski definition) is 3. The highest BCUT2D eigenvalue weighted by molar-refractivity contribution is 5.80. The third kappa shape index (κ3) is 2.45. The predicted octanol–water partition coefficient (Wildman–Crippen LogP) is 4.04. The molecule has 2 aromatic carbocycles. The van der Waals surface area contributed by atoms with Crippen LogP contribution in [0.4, 0.5) is 0 Å². The highest BCUT2D eigenvalue weighted by atomic mass is 16.3. The first kappa shape index (κ1) is 11.4. The number of hydrogen-bond acceptors (Lipinski definition) is 1. The Morgan fingerprint density at radius 1 is 0.684 bits per heavy atom. The maximum absolute atomic E-state index is 9.03. The SMILES string of the molecule is Oc1ccc2cc[nH]c2c1.c1ccc2[nH]ccc2c1. The van der Waals surface area contributed by atoms with Crippen molar-refractivity contribution in [3.63, 3.8) is 0 Å². The topological polar surface area (TPSA) is 51.8 Å². The molecule has 0 unspecified atom stereocenters. The molecule has 0 saturated carbocycles. The second kappa shape index (κ2) is 4.90. The van der Waals surface area contributed by atoms with Gasteiger partial charge in [-0.1, -0.05) is 18.2 Å². The number of phenolic OH excluding ortho intramolecular Hbond substituents is 1. The molecule has 0 atom stereocenters. The van der Waals surface area contributed by atoms with Crippen molar-refractivity contribution < 1.29 is 5.11 Å². The number of para-hydroxylation sites is 1. The molecule has 0 amide bonds. The second-order valence-corrected chi connectivity index (χ2v) is 4.31. The highest BCUT2D eigenvalue weighted by Crippen LogP contribution is 2.17. The van der Waals surface area contributed by atoms with Gasteiger partial charge in [0.2, 0.25) is 0 Å². The fourth-order valence-electron chi connectivity index (χ4n) is 2.03. The van der Waals surface area contributed by atoms with Crippen LogP contribution in [-0.4, -0.2) is 15.1 Å². The Bertz CT molecular complexity index is 768. The number of rotatable bonds is 0. The molecule has 0 bridgehead atoms. The van der Waals surface area contributed by atoms with Gasteiger partial charge < -0.3 is 15.1 Å². The molecule has 0 aliphatic heterocycles. The van der Waals surface area contributed by atoms with Gasteiger partial charge in [0.05, 0.1) is 0 Å². The van der Waals surface area contributed by atoms with Crippen molar-refractivity contribution in [2.45, 2.75) is 0 Å². The van der Waals surface area contributed by atoms with Crippen LogP contribution in [-0.2, 0) is 0 Å². The standard InChI is InChI=1S/C8H7NO.C8H7N/c10-7-2-1-6-3-4-9-8(6)5-7;1-2-4-8-7(3-1)5-6-9-8/h1-5,9-10H;1-6,9H. The van der Waals surface area contributed by atoms with Gasteiger partial charge in [-0.2, -0.15) is 0 Å². The number of aromatic nitrogens is 2. The third-order valence-electron chi connectivity index (χ3n) is 3.00. The van der Waals surface area contributed by atoms with Crippen LogP contribution in [0.3, 0.4) is 0 Å². The zero-order valence-corrected chi connectivity index (χ0v) is 10.3. The third-order valence-corrected chi connectivity index (χ3v) is 3.00. The van der Waals surface area contributed by atoms with Crippen molar-refractivity contribution >= 4 is 21.8 Å². The minimum atomic E-state index is 0.301. The minimum Gasteiger partial charge on any atom is -0.508 e. The molecule has 0 spiro atoms. The van der Waals surface area contributed by atoms with Gasteiger partial charge in [0.25, 0.3) is 0 Å². The molecule has 3 nitrogen and oxygen atoms in total. The summed E-state index contributed by atoms with van der Waals surface area (Å²) >= 11 is 0. The van der Waals surface area contributed by atoms with Crippen LogP contribution in [0.2, 0.25) is 0 Å². The molecule has 3 heteroatoms. The Hall–Kier alpha value is -2.68. The average Bonchev–Trinajstić information content (AvgIpc) is 3.07. The Balaban J connectivity index is 0.000000117. The van der Waals surface area contributed by atoms with Gasteiger partial charge >= 0.3 is 0 Å². The quantitative estimate of drug-likeness (QED) is 0.433. The molecule has 4 rings (SSSR count). The highest BCUT2D eigenvalue weighted by Gasteiger charge is 1.92. The van der Waals surface area contributed by atoms with E-state index >= 15 is 0 Å². The maximum atomic E-state index is 9.03. The smallest absolute Gasteiger partial charge is 0.117 e. The Labute approximate surface area is 110 Å². The number of phenols is 1. The molecule has 19 heavy (non-hydrogen) atoms. The van der Waals surface area contributed by atoms with E-state index in [2.05, 4.69) is 28.2 Å². The number of nitrogens with one attached hydrogen (secondary N) is 2. The van der Waals surface area contributed by atoms with Crippen LogP contribution in [0.15, 0.2) is 67.0 Å². The largest absolute Gasteiger partial charge is 0.508 e. The van der Waals surface area contributed by atoms with Crippen LogP contribution in [0, 0.1) is 0 Å². The lowest BCUT2D eigenvalue weighted by Gasteiger charge is -1.89. The summed E-state index contributed by atoms with van der Waals surface area (Å²) in [5, 5.41) is 11.4. The van der Waals surface area contributed by atoms with Crippen LogP contribution in [0.5, 0.6) is 5.75 Å². The van der Waals surface area contributed by atoms with E-state index in [1.165, 1.54) is 10.9 Å².